The maximum atomic E-state index is 10.4. The van der Waals surface area contributed by atoms with Crippen molar-refractivity contribution in [2.45, 2.75) is 33.2 Å². The number of nitrogens with two attached hydrogens (primary N) is 1. The van der Waals surface area contributed by atoms with Crippen LogP contribution in [0.5, 0.6) is 0 Å². The van der Waals surface area contributed by atoms with Crippen LogP contribution in [0.2, 0.25) is 0 Å². The Balaban J connectivity index is 0. The van der Waals surface area contributed by atoms with Gasteiger partial charge in [-0.05, 0) is 13.3 Å². The fourth-order valence-electron chi connectivity index (χ4n) is 0.308. The summed E-state index contributed by atoms with van der Waals surface area (Å²) in [5, 5.41) is 0.176. The second-order valence-electron chi connectivity index (χ2n) is 2.13. The molecule has 0 rings (SSSR count). The molecule has 0 radical (unpaired) electrons. The zero-order chi connectivity index (χ0) is 7.28. The standard InChI is InChI=1S/C6H13NOS.HI/c1-4-5(2)7-9-6(3)8;/h5,7H,4H2,1-3H3;1H. The van der Waals surface area contributed by atoms with Gasteiger partial charge in [0.25, 0.3) is 0 Å². The first-order valence-corrected chi connectivity index (χ1v) is 4.05. The number of carbonyl (C=O) groups excluding carboxylic acids is 1. The summed E-state index contributed by atoms with van der Waals surface area (Å²) < 4.78 is 1.99. The van der Waals surface area contributed by atoms with Gasteiger partial charge in [0.1, 0.15) is 11.9 Å². The molecule has 0 amide bonds. The normalized spacial score (nSPS) is 11.9. The van der Waals surface area contributed by atoms with Gasteiger partial charge < -0.3 is 24.0 Å². The van der Waals surface area contributed by atoms with Crippen LogP contribution in [-0.2, 0) is 4.79 Å². The van der Waals surface area contributed by atoms with Crippen LogP contribution in [0.1, 0.15) is 27.2 Å². The Morgan fingerprint density at radius 2 is 2.20 bits per heavy atom. The maximum Gasteiger partial charge on any atom is 0.242 e. The fourth-order valence-corrected chi connectivity index (χ4v) is 0.925. The molecule has 0 saturated heterocycles. The molecular weight excluding hydrogens is 261 g/mol. The summed E-state index contributed by atoms with van der Waals surface area (Å²) in [5.41, 5.74) is 0. The number of rotatable bonds is 3. The fraction of sp³-hybridized carbons (Fsp3) is 0.833. The van der Waals surface area contributed by atoms with E-state index in [1.54, 1.807) is 6.92 Å². The Hall–Kier alpha value is 0.710. The topological polar surface area (TPSA) is 33.7 Å². The van der Waals surface area contributed by atoms with Crippen LogP contribution in [0.4, 0.5) is 0 Å². The average molecular weight is 275 g/mol. The molecule has 2 N–H and O–H groups in total. The Bertz CT molecular complexity index is 99.7. The van der Waals surface area contributed by atoms with E-state index in [2.05, 4.69) is 13.8 Å². The highest BCUT2D eigenvalue weighted by Crippen LogP contribution is 1.87. The molecule has 4 heteroatoms. The Labute approximate surface area is 83.7 Å². The second kappa shape index (κ2) is 7.81. The minimum Gasteiger partial charge on any atom is -1.00 e. The van der Waals surface area contributed by atoms with Gasteiger partial charge in [-0.1, -0.05) is 6.92 Å². The molecule has 0 fully saturated rings. The molecule has 62 valence electrons. The van der Waals surface area contributed by atoms with Crippen molar-refractivity contribution in [1.29, 1.82) is 0 Å². The van der Waals surface area contributed by atoms with E-state index in [0.717, 1.165) is 6.42 Å². The van der Waals surface area contributed by atoms with Gasteiger partial charge in [0, 0.05) is 6.92 Å². The van der Waals surface area contributed by atoms with Crippen molar-refractivity contribution in [3.63, 3.8) is 0 Å². The van der Waals surface area contributed by atoms with Crippen LogP contribution in [0.15, 0.2) is 0 Å². The number of hydrogen-bond donors (Lipinski definition) is 1. The minimum absolute atomic E-state index is 0. The predicted molar refractivity (Wildman–Crippen MR) is 40.0 cm³/mol. The minimum atomic E-state index is 0. The molecule has 10 heavy (non-hydrogen) atoms. The van der Waals surface area contributed by atoms with Crippen LogP contribution >= 0.6 is 11.9 Å². The van der Waals surface area contributed by atoms with Gasteiger partial charge in [-0.3, -0.25) is 9.52 Å². The average Bonchev–Trinajstić information content (AvgIpc) is 1.83. The summed E-state index contributed by atoms with van der Waals surface area (Å²) in [6, 6.07) is 0.555. The van der Waals surface area contributed by atoms with Crippen molar-refractivity contribution < 1.29 is 33.5 Å². The SMILES string of the molecule is CCC(C)[NH2+]SC(C)=O.[I-]. The van der Waals surface area contributed by atoms with Gasteiger partial charge in [0.05, 0.1) is 6.04 Å². The number of hydrogen-bond acceptors (Lipinski definition) is 2. The molecule has 2 nitrogen and oxygen atoms in total. The molecule has 0 spiro atoms. The van der Waals surface area contributed by atoms with Crippen LogP contribution in [0, 0.1) is 0 Å². The van der Waals surface area contributed by atoms with E-state index in [9.17, 15) is 4.79 Å². The van der Waals surface area contributed by atoms with Gasteiger partial charge in [-0.25, -0.2) is 0 Å². The largest absolute Gasteiger partial charge is 1.00 e. The van der Waals surface area contributed by atoms with E-state index in [0.29, 0.717) is 6.04 Å². The van der Waals surface area contributed by atoms with Gasteiger partial charge in [0.2, 0.25) is 5.12 Å². The molecule has 0 aliphatic rings. The first kappa shape index (κ1) is 13.3. The van der Waals surface area contributed by atoms with Crippen LogP contribution < -0.4 is 28.7 Å². The molecule has 1 atom stereocenters. The molecular formula is C6H14INOS. The molecule has 1 unspecified atom stereocenters. The Morgan fingerprint density at radius 1 is 1.70 bits per heavy atom. The molecule has 0 aromatic heterocycles. The first-order valence-electron chi connectivity index (χ1n) is 3.17. The lowest BCUT2D eigenvalue weighted by atomic mass is 10.3. The summed E-state index contributed by atoms with van der Waals surface area (Å²) in [6.07, 6.45) is 1.11. The highest BCUT2D eigenvalue weighted by atomic mass is 127. The monoisotopic (exact) mass is 275 g/mol. The zero-order valence-corrected chi connectivity index (χ0v) is 9.53. The third-order valence-corrected chi connectivity index (χ3v) is 2.04. The van der Waals surface area contributed by atoms with Crippen molar-refractivity contribution >= 4 is 17.1 Å². The third-order valence-electron chi connectivity index (χ3n) is 1.11. The highest BCUT2D eigenvalue weighted by Gasteiger charge is 2.03. The molecule has 0 aliphatic heterocycles. The smallest absolute Gasteiger partial charge is 0.242 e. The zero-order valence-electron chi connectivity index (χ0n) is 6.56. The van der Waals surface area contributed by atoms with Gasteiger partial charge in [-0.2, -0.15) is 0 Å². The van der Waals surface area contributed by atoms with E-state index in [-0.39, 0.29) is 29.1 Å². The predicted octanol–water partition coefficient (Wildman–Crippen LogP) is -2.45. The van der Waals surface area contributed by atoms with Gasteiger partial charge >= 0.3 is 0 Å². The number of halogens is 1. The lowest BCUT2D eigenvalue weighted by molar-refractivity contribution is -0.519. The van der Waals surface area contributed by atoms with Crippen LogP contribution in [0.25, 0.3) is 0 Å². The Kier molecular flexibility index (Phi) is 10.4. The lowest BCUT2D eigenvalue weighted by Gasteiger charge is -2.01. The van der Waals surface area contributed by atoms with Crippen molar-refractivity contribution in [3.05, 3.63) is 0 Å². The molecule has 0 aromatic carbocycles. The van der Waals surface area contributed by atoms with Crippen molar-refractivity contribution in [2.75, 3.05) is 0 Å². The number of carbonyl (C=O) groups is 1. The van der Waals surface area contributed by atoms with Crippen molar-refractivity contribution in [2.24, 2.45) is 0 Å². The summed E-state index contributed by atoms with van der Waals surface area (Å²) in [4.78, 5) is 10.4. The highest BCUT2D eigenvalue weighted by molar-refractivity contribution is 8.07. The van der Waals surface area contributed by atoms with E-state index in [1.807, 2.05) is 4.72 Å². The molecule has 0 heterocycles. The van der Waals surface area contributed by atoms with Gasteiger partial charge in [0.15, 0.2) is 0 Å². The summed E-state index contributed by atoms with van der Waals surface area (Å²) in [7, 11) is 0. The maximum absolute atomic E-state index is 10.4. The van der Waals surface area contributed by atoms with Crippen LogP contribution in [0.3, 0.4) is 0 Å². The lowest BCUT2D eigenvalue weighted by Crippen LogP contribution is -3.00. The van der Waals surface area contributed by atoms with Gasteiger partial charge in [-0.15, -0.1) is 0 Å². The van der Waals surface area contributed by atoms with E-state index < -0.39 is 0 Å². The first-order chi connectivity index (χ1) is 4.16. The van der Waals surface area contributed by atoms with Crippen molar-refractivity contribution in [3.8, 4) is 0 Å². The second-order valence-corrected chi connectivity index (χ2v) is 3.21. The quantitative estimate of drug-likeness (QED) is 0.458. The molecule has 0 aliphatic carbocycles. The molecule has 0 saturated carbocycles. The van der Waals surface area contributed by atoms with E-state index >= 15 is 0 Å². The summed E-state index contributed by atoms with van der Waals surface area (Å²) in [5.74, 6) is 0. The third kappa shape index (κ3) is 8.71. The van der Waals surface area contributed by atoms with Crippen LogP contribution in [-0.4, -0.2) is 11.2 Å². The summed E-state index contributed by atoms with van der Waals surface area (Å²) in [6.45, 7) is 5.81. The Morgan fingerprint density at radius 3 is 2.50 bits per heavy atom. The molecule has 0 aromatic rings. The number of quaternary nitrogens is 1. The molecule has 0 bridgehead atoms. The van der Waals surface area contributed by atoms with E-state index in [4.69, 9.17) is 0 Å². The van der Waals surface area contributed by atoms with E-state index in [1.165, 1.54) is 11.9 Å². The van der Waals surface area contributed by atoms with Crippen molar-refractivity contribution in [1.82, 2.24) is 0 Å². The summed E-state index contributed by atoms with van der Waals surface area (Å²) >= 11 is 1.30.